The lowest BCUT2D eigenvalue weighted by Crippen LogP contribution is -2.34. The highest BCUT2D eigenvalue weighted by Gasteiger charge is 2.28. The van der Waals surface area contributed by atoms with Gasteiger partial charge in [-0.25, -0.2) is 27.5 Å². The van der Waals surface area contributed by atoms with Crippen molar-refractivity contribution >= 4 is 71.0 Å². The minimum absolute atomic E-state index is 0.0274. The van der Waals surface area contributed by atoms with Crippen LogP contribution in [0.15, 0.2) is 60.7 Å². The second-order valence-electron chi connectivity index (χ2n) is 14.3. The molecule has 0 radical (unpaired) electrons. The first kappa shape index (κ1) is 44.2. The van der Waals surface area contributed by atoms with Gasteiger partial charge in [0.1, 0.15) is 5.69 Å². The van der Waals surface area contributed by atoms with E-state index in [1.54, 1.807) is 19.1 Å². The monoisotopic (exact) mass is 874 g/mol. The van der Waals surface area contributed by atoms with Crippen LogP contribution in [0.4, 0.5) is 14.7 Å². The Balaban J connectivity index is 1.16. The third-order valence-corrected chi connectivity index (χ3v) is 12.9. The Morgan fingerprint density at radius 2 is 1.82 bits per heavy atom. The summed E-state index contributed by atoms with van der Waals surface area (Å²) in [5, 5.41) is 3.94. The molecule has 60 heavy (non-hydrogen) atoms. The van der Waals surface area contributed by atoms with Gasteiger partial charge in [-0.3, -0.25) is 24.6 Å². The second kappa shape index (κ2) is 20.7. The van der Waals surface area contributed by atoms with E-state index in [-0.39, 0.29) is 55.1 Å². The van der Waals surface area contributed by atoms with Gasteiger partial charge in [-0.05, 0) is 101 Å². The number of aryl methyl sites for hydroxylation is 1. The number of anilines is 2. The number of thiazole rings is 2. The Labute approximate surface area is 357 Å². The molecule has 0 fully saturated rings. The number of fused-ring (bicyclic) bond motifs is 2. The molecule has 13 nitrogen and oxygen atoms in total. The number of aromatic nitrogens is 2. The predicted molar refractivity (Wildman–Crippen MR) is 233 cm³/mol. The molecule has 316 valence electrons. The molecule has 0 spiro atoms. The Morgan fingerprint density at radius 3 is 2.60 bits per heavy atom. The van der Waals surface area contributed by atoms with E-state index >= 15 is 0 Å². The van der Waals surface area contributed by atoms with Crippen LogP contribution in [0.5, 0.6) is 5.75 Å². The van der Waals surface area contributed by atoms with Gasteiger partial charge in [0.2, 0.25) is 10.0 Å². The zero-order chi connectivity index (χ0) is 42.6. The predicted octanol–water partition coefficient (Wildman–Crippen LogP) is 6.81. The molecule has 1 aliphatic rings. The average molecular weight is 875 g/mol. The Bertz CT molecular complexity index is 2480. The number of para-hydroxylation sites is 1. The van der Waals surface area contributed by atoms with E-state index in [1.807, 2.05) is 60.3 Å². The molecular formula is C43H47FN6O7S3. The highest BCUT2D eigenvalue weighted by atomic mass is 32.2. The van der Waals surface area contributed by atoms with Crippen molar-refractivity contribution in [1.82, 2.24) is 19.6 Å². The molecule has 3 aromatic carbocycles. The summed E-state index contributed by atoms with van der Waals surface area (Å²) in [6, 6.07) is 17.8. The fourth-order valence-corrected chi connectivity index (χ4v) is 9.54. The molecule has 5 aromatic rings. The molecule has 0 saturated carbocycles. The number of unbranched alkanes of at least 4 members (excludes halogenated alkanes) is 2. The number of nitrogens with zero attached hydrogens (tertiary/aromatic N) is 4. The summed E-state index contributed by atoms with van der Waals surface area (Å²) in [5.74, 6) is 3.64. The fraction of sp³-hybridized carbons (Fsp3) is 0.372. The van der Waals surface area contributed by atoms with Crippen molar-refractivity contribution in [3.05, 3.63) is 99.3 Å². The molecule has 2 amide bonds. The zero-order valence-corrected chi connectivity index (χ0v) is 36.2. The molecule has 0 aliphatic carbocycles. The Hall–Kier alpha value is -5.41. The van der Waals surface area contributed by atoms with Gasteiger partial charge in [0.25, 0.3) is 11.8 Å². The topological polar surface area (TPSA) is 160 Å². The van der Waals surface area contributed by atoms with Gasteiger partial charge in [-0.1, -0.05) is 53.9 Å². The highest BCUT2D eigenvalue weighted by Crippen LogP contribution is 2.34. The number of hydrogen-bond acceptors (Lipinski definition) is 13. The number of carbonyl (C=O) groups is 3. The van der Waals surface area contributed by atoms with Gasteiger partial charge < -0.3 is 14.4 Å². The summed E-state index contributed by atoms with van der Waals surface area (Å²) in [6.07, 6.45) is 2.64. The van der Waals surface area contributed by atoms with Crippen LogP contribution in [0, 0.1) is 17.7 Å². The number of rotatable bonds is 18. The number of halogens is 1. The van der Waals surface area contributed by atoms with Crippen LogP contribution in [-0.4, -0.2) is 87.2 Å². The number of amides is 2. The molecule has 0 atom stereocenters. The highest BCUT2D eigenvalue weighted by molar-refractivity contribution is 7.90. The van der Waals surface area contributed by atoms with E-state index < -0.39 is 21.7 Å². The first-order chi connectivity index (χ1) is 28.9. The Kier molecular flexibility index (Phi) is 15.2. The number of sulfonamides is 1. The third-order valence-electron chi connectivity index (χ3n) is 9.42. The van der Waals surface area contributed by atoms with Crippen molar-refractivity contribution in [2.24, 2.45) is 0 Å². The van der Waals surface area contributed by atoms with Gasteiger partial charge >= 0.3 is 5.97 Å². The number of nitrogens with one attached hydrogen (secondary N) is 2. The van der Waals surface area contributed by atoms with Crippen molar-refractivity contribution in [3.8, 4) is 17.6 Å². The minimum Gasteiger partial charge on any atom is -0.491 e. The summed E-state index contributed by atoms with van der Waals surface area (Å²) in [4.78, 5) is 52.6. The summed E-state index contributed by atoms with van der Waals surface area (Å²) in [5.41, 5.74) is 3.64. The number of carbonyl (C=O) groups excluding carboxylic acids is 3. The molecule has 2 aromatic heterocycles. The molecule has 0 unspecified atom stereocenters. The van der Waals surface area contributed by atoms with E-state index in [1.165, 1.54) is 34.8 Å². The summed E-state index contributed by atoms with van der Waals surface area (Å²) in [7, 11) is -0.240. The fourth-order valence-electron chi connectivity index (χ4n) is 6.49. The van der Waals surface area contributed by atoms with Crippen molar-refractivity contribution in [3.63, 3.8) is 0 Å². The third kappa shape index (κ3) is 12.1. The van der Waals surface area contributed by atoms with Crippen molar-refractivity contribution < 1.29 is 36.7 Å². The van der Waals surface area contributed by atoms with Crippen molar-refractivity contribution in [1.29, 1.82) is 0 Å². The van der Waals surface area contributed by atoms with Crippen LogP contribution >= 0.6 is 22.7 Å². The maximum Gasteiger partial charge on any atom is 0.305 e. The maximum atomic E-state index is 14.9. The molecule has 3 heterocycles. The van der Waals surface area contributed by atoms with E-state index in [4.69, 9.17) is 14.5 Å². The molecule has 2 N–H and O–H groups in total. The van der Waals surface area contributed by atoms with Gasteiger partial charge in [0, 0.05) is 35.5 Å². The molecular weight excluding hydrogens is 828 g/mol. The Morgan fingerprint density at radius 1 is 0.983 bits per heavy atom. The number of esters is 1. The van der Waals surface area contributed by atoms with Crippen molar-refractivity contribution in [2.45, 2.75) is 58.4 Å². The lowest BCUT2D eigenvalue weighted by atomic mass is 9.94. The summed E-state index contributed by atoms with van der Waals surface area (Å²) in [6.45, 7) is 3.53. The standard InChI is InChI=1S/C43H47FN6O7S3/c1-4-56-38(51)19-6-5-9-26-60(54,55)48-41(53)39-37(18-12-25-57-35-21-20-29(27-33(35)44)13-11-23-49(2)3)59-43(46-39)50-24-22-30-14-10-15-31(32(30)28-50)40(52)47-42-45-34-16-7-8-17-36(34)58-42/h7-8,10,14-17,20-21,27H,4-6,9,12,18-19,22-26,28H2,1-3H3,(H,48,53)(H,45,47,52). The molecule has 0 bridgehead atoms. The zero-order valence-electron chi connectivity index (χ0n) is 33.7. The van der Waals surface area contributed by atoms with Gasteiger partial charge in [0.15, 0.2) is 21.8 Å². The van der Waals surface area contributed by atoms with E-state index in [0.717, 1.165) is 21.3 Å². The van der Waals surface area contributed by atoms with Crippen LogP contribution in [0.2, 0.25) is 0 Å². The lowest BCUT2D eigenvalue weighted by Gasteiger charge is -2.29. The first-order valence-corrected chi connectivity index (χ1v) is 23.0. The number of hydrogen-bond donors (Lipinski definition) is 2. The molecule has 1 aliphatic heterocycles. The van der Waals surface area contributed by atoms with Gasteiger partial charge in [-0.15, -0.1) is 11.3 Å². The number of benzene rings is 3. The van der Waals surface area contributed by atoms with E-state index in [9.17, 15) is 27.2 Å². The van der Waals surface area contributed by atoms with Crippen LogP contribution in [0.25, 0.3) is 10.2 Å². The SMILES string of the molecule is CCOC(=O)CCCCCS(=O)(=O)NC(=O)c1nc(N2CCc3cccc(C(=O)Nc4nc5ccccc5s4)c3C2)sc1CCCOc1ccc(C#CCN(C)C)cc1F. The normalized spacial score (nSPS) is 12.4. The summed E-state index contributed by atoms with van der Waals surface area (Å²) < 4.78 is 54.8. The smallest absolute Gasteiger partial charge is 0.305 e. The quantitative estimate of drug-likeness (QED) is 0.0541. The largest absolute Gasteiger partial charge is 0.491 e. The van der Waals surface area contributed by atoms with Crippen LogP contribution in [0.3, 0.4) is 0 Å². The minimum atomic E-state index is -4.03. The van der Waals surface area contributed by atoms with Crippen LogP contribution < -0.4 is 19.7 Å². The van der Waals surface area contributed by atoms with Crippen LogP contribution in [0.1, 0.15) is 81.4 Å². The summed E-state index contributed by atoms with van der Waals surface area (Å²) >= 11 is 2.66. The van der Waals surface area contributed by atoms with E-state index in [0.29, 0.717) is 78.0 Å². The molecule has 17 heteroatoms. The lowest BCUT2D eigenvalue weighted by molar-refractivity contribution is -0.143. The van der Waals surface area contributed by atoms with Crippen LogP contribution in [-0.2, 0) is 38.9 Å². The molecule has 0 saturated heterocycles. The van der Waals surface area contributed by atoms with E-state index in [2.05, 4.69) is 26.9 Å². The average Bonchev–Trinajstić information content (AvgIpc) is 3.83. The maximum absolute atomic E-state index is 14.9. The van der Waals surface area contributed by atoms with Gasteiger partial charge in [0.05, 0.1) is 35.7 Å². The second-order valence-corrected chi connectivity index (χ2v) is 18.3. The van der Waals surface area contributed by atoms with Gasteiger partial charge in [-0.2, -0.15) is 0 Å². The number of ether oxygens (including phenoxy) is 2. The molecule has 6 rings (SSSR count). The van der Waals surface area contributed by atoms with Crippen molar-refractivity contribution in [2.75, 3.05) is 56.4 Å². The first-order valence-electron chi connectivity index (χ1n) is 19.7.